The lowest BCUT2D eigenvalue weighted by Crippen LogP contribution is -2.46. The van der Waals surface area contributed by atoms with Crippen LogP contribution < -0.4 is 5.32 Å². The predicted molar refractivity (Wildman–Crippen MR) is 72.5 cm³/mol. The monoisotopic (exact) mass is 262 g/mol. The molecule has 104 valence electrons. The highest BCUT2D eigenvalue weighted by molar-refractivity contribution is 5.79. The first kappa shape index (κ1) is 12.7. The number of hydrogen-bond donors (Lipinski definition) is 2. The van der Waals surface area contributed by atoms with Crippen molar-refractivity contribution in [1.82, 2.24) is 20.4 Å². The van der Waals surface area contributed by atoms with Crippen molar-refractivity contribution in [3.63, 3.8) is 0 Å². The molecular weight excluding hydrogens is 240 g/mol. The SMILES string of the molecule is O=C(C1CCCNC1)N1CCCCC1c1cn[nH]c1. The Morgan fingerprint density at radius 3 is 3.00 bits per heavy atom. The third-order valence-electron chi connectivity index (χ3n) is 4.34. The first-order valence-corrected chi connectivity index (χ1v) is 7.36. The quantitative estimate of drug-likeness (QED) is 0.848. The molecule has 2 aliphatic rings. The molecule has 19 heavy (non-hydrogen) atoms. The van der Waals surface area contributed by atoms with Crippen LogP contribution in [-0.4, -0.2) is 40.6 Å². The lowest BCUT2D eigenvalue weighted by atomic mass is 9.92. The molecule has 2 N–H and O–H groups in total. The van der Waals surface area contributed by atoms with Crippen LogP contribution in [0.25, 0.3) is 0 Å². The minimum absolute atomic E-state index is 0.168. The van der Waals surface area contributed by atoms with Gasteiger partial charge in [-0.1, -0.05) is 0 Å². The number of likely N-dealkylation sites (tertiary alicyclic amines) is 1. The number of carbonyl (C=O) groups is 1. The summed E-state index contributed by atoms with van der Waals surface area (Å²) in [4.78, 5) is 14.8. The maximum absolute atomic E-state index is 12.7. The van der Waals surface area contributed by atoms with Gasteiger partial charge in [0.05, 0.1) is 18.2 Å². The van der Waals surface area contributed by atoms with Gasteiger partial charge in [0, 0.05) is 24.8 Å². The summed E-state index contributed by atoms with van der Waals surface area (Å²) >= 11 is 0. The lowest BCUT2D eigenvalue weighted by molar-refractivity contribution is -0.140. The molecule has 2 saturated heterocycles. The second-order valence-corrected chi connectivity index (χ2v) is 5.62. The molecule has 3 heterocycles. The van der Waals surface area contributed by atoms with Gasteiger partial charge in [-0.2, -0.15) is 5.10 Å². The molecule has 2 unspecified atom stereocenters. The van der Waals surface area contributed by atoms with Gasteiger partial charge in [-0.3, -0.25) is 9.89 Å². The Morgan fingerprint density at radius 2 is 2.26 bits per heavy atom. The fourth-order valence-electron chi connectivity index (χ4n) is 3.28. The second-order valence-electron chi connectivity index (χ2n) is 5.62. The number of nitrogens with zero attached hydrogens (tertiary/aromatic N) is 2. The van der Waals surface area contributed by atoms with Crippen molar-refractivity contribution in [2.24, 2.45) is 5.92 Å². The molecule has 2 aliphatic heterocycles. The fraction of sp³-hybridized carbons (Fsp3) is 0.714. The van der Waals surface area contributed by atoms with Crippen LogP contribution in [0.5, 0.6) is 0 Å². The smallest absolute Gasteiger partial charge is 0.227 e. The summed E-state index contributed by atoms with van der Waals surface area (Å²) in [5.74, 6) is 0.499. The number of H-pyrrole nitrogens is 1. The Hall–Kier alpha value is -1.36. The van der Waals surface area contributed by atoms with Crippen molar-refractivity contribution in [3.8, 4) is 0 Å². The van der Waals surface area contributed by atoms with Crippen molar-refractivity contribution < 1.29 is 4.79 Å². The summed E-state index contributed by atoms with van der Waals surface area (Å²) in [6, 6.07) is 0.224. The molecule has 2 fully saturated rings. The van der Waals surface area contributed by atoms with E-state index in [2.05, 4.69) is 20.4 Å². The van der Waals surface area contributed by atoms with Crippen LogP contribution in [0.4, 0.5) is 0 Å². The summed E-state index contributed by atoms with van der Waals surface area (Å²) in [6.45, 7) is 2.79. The van der Waals surface area contributed by atoms with E-state index < -0.39 is 0 Å². The Bertz CT molecular complexity index is 411. The van der Waals surface area contributed by atoms with Crippen molar-refractivity contribution in [2.75, 3.05) is 19.6 Å². The molecule has 0 bridgehead atoms. The Morgan fingerprint density at radius 1 is 1.32 bits per heavy atom. The topological polar surface area (TPSA) is 61.0 Å². The standard InChI is InChI=1S/C14H22N4O/c19-14(11-4-3-6-15-8-11)18-7-2-1-5-13(18)12-9-16-17-10-12/h9-11,13,15H,1-8H2,(H,16,17). The average Bonchev–Trinajstić information content (AvgIpc) is 3.01. The summed E-state index contributed by atoms with van der Waals surface area (Å²) in [7, 11) is 0. The lowest BCUT2D eigenvalue weighted by Gasteiger charge is -2.38. The number of piperidine rings is 2. The third kappa shape index (κ3) is 2.66. The first-order valence-electron chi connectivity index (χ1n) is 7.36. The van der Waals surface area contributed by atoms with Crippen molar-refractivity contribution in [3.05, 3.63) is 18.0 Å². The van der Waals surface area contributed by atoms with E-state index in [4.69, 9.17) is 0 Å². The zero-order valence-electron chi connectivity index (χ0n) is 11.3. The van der Waals surface area contributed by atoms with Gasteiger partial charge in [0.2, 0.25) is 5.91 Å². The van der Waals surface area contributed by atoms with Crippen molar-refractivity contribution >= 4 is 5.91 Å². The number of rotatable bonds is 2. The fourth-order valence-corrected chi connectivity index (χ4v) is 3.28. The molecule has 5 heteroatoms. The Balaban J connectivity index is 1.74. The zero-order valence-corrected chi connectivity index (χ0v) is 11.3. The summed E-state index contributed by atoms with van der Waals surface area (Å²) in [6.07, 6.45) is 9.31. The van der Waals surface area contributed by atoms with Crippen LogP contribution in [0, 0.1) is 5.92 Å². The van der Waals surface area contributed by atoms with E-state index in [9.17, 15) is 4.79 Å². The summed E-state index contributed by atoms with van der Waals surface area (Å²) < 4.78 is 0. The third-order valence-corrected chi connectivity index (χ3v) is 4.34. The maximum atomic E-state index is 12.7. The minimum atomic E-state index is 0.168. The highest BCUT2D eigenvalue weighted by Crippen LogP contribution is 2.32. The van der Waals surface area contributed by atoms with E-state index in [1.54, 1.807) is 0 Å². The number of nitrogens with one attached hydrogen (secondary N) is 2. The van der Waals surface area contributed by atoms with Crippen LogP contribution >= 0.6 is 0 Å². The highest BCUT2D eigenvalue weighted by atomic mass is 16.2. The van der Waals surface area contributed by atoms with Gasteiger partial charge < -0.3 is 10.2 Å². The summed E-state index contributed by atoms with van der Waals surface area (Å²) in [5, 5.41) is 10.2. The van der Waals surface area contributed by atoms with Gasteiger partial charge >= 0.3 is 0 Å². The molecule has 5 nitrogen and oxygen atoms in total. The van der Waals surface area contributed by atoms with Gasteiger partial charge in [0.25, 0.3) is 0 Å². The molecule has 1 amide bonds. The van der Waals surface area contributed by atoms with E-state index in [1.807, 2.05) is 12.4 Å². The highest BCUT2D eigenvalue weighted by Gasteiger charge is 2.33. The normalized spacial score (nSPS) is 28.3. The number of hydrogen-bond acceptors (Lipinski definition) is 3. The van der Waals surface area contributed by atoms with E-state index in [0.29, 0.717) is 5.91 Å². The van der Waals surface area contributed by atoms with Crippen LogP contribution in [0.1, 0.15) is 43.7 Å². The molecule has 2 atom stereocenters. The molecule has 1 aromatic heterocycles. The van der Waals surface area contributed by atoms with E-state index >= 15 is 0 Å². The van der Waals surface area contributed by atoms with Crippen LogP contribution in [-0.2, 0) is 4.79 Å². The van der Waals surface area contributed by atoms with Gasteiger partial charge in [0.15, 0.2) is 0 Å². The first-order chi connectivity index (χ1) is 9.36. The Kier molecular flexibility index (Phi) is 3.82. The number of amides is 1. The molecule has 0 radical (unpaired) electrons. The van der Waals surface area contributed by atoms with E-state index in [1.165, 1.54) is 6.42 Å². The van der Waals surface area contributed by atoms with Crippen LogP contribution in [0.15, 0.2) is 12.4 Å². The van der Waals surface area contributed by atoms with Crippen LogP contribution in [0.2, 0.25) is 0 Å². The molecular formula is C14H22N4O. The molecule has 0 spiro atoms. The van der Waals surface area contributed by atoms with E-state index in [0.717, 1.165) is 50.9 Å². The molecule has 0 aromatic carbocycles. The predicted octanol–water partition coefficient (Wildman–Crippen LogP) is 1.46. The average molecular weight is 262 g/mol. The van der Waals surface area contributed by atoms with Crippen molar-refractivity contribution in [1.29, 1.82) is 0 Å². The van der Waals surface area contributed by atoms with Crippen molar-refractivity contribution in [2.45, 2.75) is 38.1 Å². The molecule has 3 rings (SSSR count). The minimum Gasteiger partial charge on any atom is -0.335 e. The van der Waals surface area contributed by atoms with Gasteiger partial charge in [-0.15, -0.1) is 0 Å². The molecule has 1 aromatic rings. The molecule has 0 aliphatic carbocycles. The Labute approximate surface area is 113 Å². The summed E-state index contributed by atoms with van der Waals surface area (Å²) in [5.41, 5.74) is 1.15. The van der Waals surface area contributed by atoms with Gasteiger partial charge in [-0.05, 0) is 38.6 Å². The second kappa shape index (κ2) is 5.74. The number of carbonyl (C=O) groups excluding carboxylic acids is 1. The molecule has 0 saturated carbocycles. The van der Waals surface area contributed by atoms with Crippen LogP contribution in [0.3, 0.4) is 0 Å². The number of aromatic amines is 1. The van der Waals surface area contributed by atoms with E-state index in [-0.39, 0.29) is 12.0 Å². The van der Waals surface area contributed by atoms with Gasteiger partial charge in [0.1, 0.15) is 0 Å². The maximum Gasteiger partial charge on any atom is 0.227 e. The van der Waals surface area contributed by atoms with Gasteiger partial charge in [-0.25, -0.2) is 0 Å². The zero-order chi connectivity index (χ0) is 13.1. The largest absolute Gasteiger partial charge is 0.335 e. The number of aromatic nitrogens is 2.